The average molecular weight is 478 g/mol. The Balaban J connectivity index is 1.68. The van der Waals surface area contributed by atoms with Crippen molar-refractivity contribution in [2.45, 2.75) is 25.6 Å². The predicted octanol–water partition coefficient (Wildman–Crippen LogP) is 1.80. The molecule has 1 saturated heterocycles. The van der Waals surface area contributed by atoms with Gasteiger partial charge in [0, 0.05) is 18.8 Å². The van der Waals surface area contributed by atoms with Gasteiger partial charge in [0.15, 0.2) is 5.69 Å². The standard InChI is InChI=1S/C18H21F3N4O6S/c1-11-2-3-12(18(19,20)21)8-14(11)22-17-23-15(10-31-17)16(27)24-32(28,29)25-5-4-13(9-26)30-7-6-25/h2-3,8,10,13,26H,4-7,9H2,1H3,(H,22,23)(H,24,27). The zero-order valence-electron chi connectivity index (χ0n) is 16.8. The maximum atomic E-state index is 12.9. The number of amides is 1. The third-order valence-corrected chi connectivity index (χ3v) is 6.19. The van der Waals surface area contributed by atoms with Gasteiger partial charge in [0.2, 0.25) is 0 Å². The lowest BCUT2D eigenvalue weighted by atomic mass is 10.1. The molecular formula is C18H21F3N4O6S. The number of nitrogens with one attached hydrogen (secondary N) is 2. The minimum absolute atomic E-state index is 0.0143. The Morgan fingerprint density at radius 3 is 2.78 bits per heavy atom. The molecule has 1 aromatic heterocycles. The van der Waals surface area contributed by atoms with Crippen LogP contribution in [0.25, 0.3) is 0 Å². The van der Waals surface area contributed by atoms with Crippen LogP contribution in [0.1, 0.15) is 28.0 Å². The molecule has 1 aliphatic heterocycles. The smallest absolute Gasteiger partial charge is 0.416 e. The summed E-state index contributed by atoms with van der Waals surface area (Å²) in [6, 6.07) is 2.77. The van der Waals surface area contributed by atoms with Crippen LogP contribution in [0.15, 0.2) is 28.9 Å². The van der Waals surface area contributed by atoms with Crippen LogP contribution in [0, 0.1) is 6.92 Å². The van der Waals surface area contributed by atoms with Crippen molar-refractivity contribution in [1.82, 2.24) is 14.0 Å². The monoisotopic (exact) mass is 478 g/mol. The number of anilines is 2. The Morgan fingerprint density at radius 1 is 1.34 bits per heavy atom. The zero-order valence-corrected chi connectivity index (χ0v) is 17.7. The van der Waals surface area contributed by atoms with E-state index >= 15 is 0 Å². The van der Waals surface area contributed by atoms with Crippen molar-refractivity contribution in [3.63, 3.8) is 0 Å². The lowest BCUT2D eigenvalue weighted by Crippen LogP contribution is -2.44. The van der Waals surface area contributed by atoms with E-state index in [0.29, 0.717) is 5.56 Å². The first-order valence-electron chi connectivity index (χ1n) is 9.44. The van der Waals surface area contributed by atoms with Crippen molar-refractivity contribution in [3.05, 3.63) is 41.3 Å². The zero-order chi connectivity index (χ0) is 23.5. The summed E-state index contributed by atoms with van der Waals surface area (Å²) in [5, 5.41) is 11.7. The summed E-state index contributed by atoms with van der Waals surface area (Å²) in [5.41, 5.74) is -0.746. The van der Waals surface area contributed by atoms with Crippen molar-refractivity contribution in [2.75, 3.05) is 31.6 Å². The predicted molar refractivity (Wildman–Crippen MR) is 105 cm³/mol. The van der Waals surface area contributed by atoms with Gasteiger partial charge >= 0.3 is 16.4 Å². The molecule has 1 amide bonds. The van der Waals surface area contributed by atoms with Crippen LogP contribution in [-0.2, 0) is 21.1 Å². The molecule has 0 aliphatic carbocycles. The molecule has 1 aliphatic rings. The summed E-state index contributed by atoms with van der Waals surface area (Å²) in [5.74, 6) is -1.08. The average Bonchev–Trinajstić information content (AvgIpc) is 3.03. The first-order chi connectivity index (χ1) is 15.0. The second kappa shape index (κ2) is 9.44. The van der Waals surface area contributed by atoms with Crippen LogP contribution in [0.5, 0.6) is 0 Å². The molecule has 14 heteroatoms. The molecule has 176 valence electrons. The highest BCUT2D eigenvalue weighted by molar-refractivity contribution is 7.87. The van der Waals surface area contributed by atoms with Gasteiger partial charge in [0.05, 0.1) is 24.9 Å². The van der Waals surface area contributed by atoms with Crippen LogP contribution in [-0.4, -0.2) is 61.1 Å². The van der Waals surface area contributed by atoms with E-state index in [-0.39, 0.29) is 50.1 Å². The summed E-state index contributed by atoms with van der Waals surface area (Å²) in [7, 11) is -4.22. The molecule has 1 fully saturated rings. The Bertz CT molecular complexity index is 1070. The van der Waals surface area contributed by atoms with Crippen molar-refractivity contribution in [3.8, 4) is 0 Å². The molecule has 3 rings (SSSR count). The maximum Gasteiger partial charge on any atom is 0.416 e. The number of carbonyl (C=O) groups is 1. The van der Waals surface area contributed by atoms with E-state index in [0.717, 1.165) is 22.7 Å². The van der Waals surface area contributed by atoms with Crippen LogP contribution in [0.2, 0.25) is 0 Å². The van der Waals surface area contributed by atoms with Gasteiger partial charge in [0.25, 0.3) is 11.9 Å². The summed E-state index contributed by atoms with van der Waals surface area (Å²) < 4.78 is 77.0. The summed E-state index contributed by atoms with van der Waals surface area (Å²) in [6.45, 7) is 1.39. The number of benzene rings is 1. The van der Waals surface area contributed by atoms with Gasteiger partial charge in [-0.05, 0) is 31.0 Å². The normalized spacial score (nSPS) is 18.2. The van der Waals surface area contributed by atoms with E-state index in [9.17, 15) is 26.4 Å². The molecule has 0 bridgehead atoms. The van der Waals surface area contributed by atoms with Crippen LogP contribution >= 0.6 is 0 Å². The van der Waals surface area contributed by atoms with Gasteiger partial charge in [-0.1, -0.05) is 6.07 Å². The minimum Gasteiger partial charge on any atom is -0.431 e. The van der Waals surface area contributed by atoms with Crippen molar-refractivity contribution >= 4 is 27.8 Å². The number of aryl methyl sites for hydroxylation is 1. The van der Waals surface area contributed by atoms with Crippen molar-refractivity contribution < 1.29 is 40.6 Å². The number of hydrogen-bond donors (Lipinski definition) is 3. The van der Waals surface area contributed by atoms with E-state index in [1.807, 2.05) is 4.72 Å². The van der Waals surface area contributed by atoms with Crippen LogP contribution < -0.4 is 10.0 Å². The molecule has 0 saturated carbocycles. The second-order valence-corrected chi connectivity index (χ2v) is 8.66. The fourth-order valence-corrected chi connectivity index (χ4v) is 4.03. The first-order valence-corrected chi connectivity index (χ1v) is 10.9. The molecule has 1 aromatic carbocycles. The fraction of sp³-hybridized carbons (Fsp3) is 0.444. The van der Waals surface area contributed by atoms with Gasteiger partial charge in [-0.25, -0.2) is 4.72 Å². The third kappa shape index (κ3) is 5.76. The Labute approximate surface area is 181 Å². The number of carbonyl (C=O) groups excluding carboxylic acids is 1. The Hall–Kier alpha value is -2.68. The van der Waals surface area contributed by atoms with E-state index in [1.165, 1.54) is 6.07 Å². The summed E-state index contributed by atoms with van der Waals surface area (Å²) in [6.07, 6.45) is -3.91. The number of ether oxygens (including phenoxy) is 1. The number of nitrogens with zero attached hydrogens (tertiary/aromatic N) is 2. The third-order valence-electron chi connectivity index (χ3n) is 4.70. The summed E-state index contributed by atoms with van der Waals surface area (Å²) in [4.78, 5) is 16.1. The number of alkyl halides is 3. The van der Waals surface area contributed by atoms with Crippen LogP contribution in [0.4, 0.5) is 24.9 Å². The SMILES string of the molecule is Cc1ccc(C(F)(F)F)cc1Nc1nc(C(=O)NS(=O)(=O)N2CCOC(CO)CC2)co1. The molecule has 2 heterocycles. The van der Waals surface area contributed by atoms with Gasteiger partial charge in [-0.15, -0.1) is 0 Å². The van der Waals surface area contributed by atoms with Gasteiger partial charge in [-0.3, -0.25) is 4.79 Å². The van der Waals surface area contributed by atoms with Gasteiger partial charge in [0.1, 0.15) is 6.26 Å². The number of hydrogen-bond acceptors (Lipinski definition) is 8. The summed E-state index contributed by atoms with van der Waals surface area (Å²) >= 11 is 0. The number of halogens is 3. The topological polar surface area (TPSA) is 134 Å². The molecular weight excluding hydrogens is 457 g/mol. The van der Waals surface area contributed by atoms with E-state index in [2.05, 4.69) is 10.3 Å². The molecule has 0 radical (unpaired) electrons. The maximum absolute atomic E-state index is 12.9. The lowest BCUT2D eigenvalue weighted by Gasteiger charge is -2.19. The second-order valence-electron chi connectivity index (χ2n) is 6.99. The Morgan fingerprint density at radius 2 is 2.09 bits per heavy atom. The largest absolute Gasteiger partial charge is 0.431 e. The lowest BCUT2D eigenvalue weighted by molar-refractivity contribution is -0.137. The van der Waals surface area contributed by atoms with E-state index in [4.69, 9.17) is 14.3 Å². The molecule has 1 atom stereocenters. The number of aliphatic hydroxyl groups excluding tert-OH is 1. The highest BCUT2D eigenvalue weighted by Gasteiger charge is 2.31. The van der Waals surface area contributed by atoms with Crippen LogP contribution in [0.3, 0.4) is 0 Å². The van der Waals surface area contributed by atoms with Crippen molar-refractivity contribution in [1.29, 1.82) is 0 Å². The molecule has 3 N–H and O–H groups in total. The van der Waals surface area contributed by atoms with E-state index in [1.54, 1.807) is 6.92 Å². The van der Waals surface area contributed by atoms with E-state index < -0.39 is 34.0 Å². The molecule has 0 spiro atoms. The van der Waals surface area contributed by atoms with Gasteiger partial charge < -0.3 is 19.6 Å². The fourth-order valence-electron chi connectivity index (χ4n) is 2.91. The highest BCUT2D eigenvalue weighted by Crippen LogP contribution is 2.33. The highest BCUT2D eigenvalue weighted by atomic mass is 32.2. The van der Waals surface area contributed by atoms with Gasteiger partial charge in [-0.2, -0.15) is 30.9 Å². The quantitative estimate of drug-likeness (QED) is 0.572. The molecule has 32 heavy (non-hydrogen) atoms. The molecule has 2 aromatic rings. The minimum atomic E-state index is -4.55. The molecule has 10 nitrogen and oxygen atoms in total. The molecule has 1 unspecified atom stereocenters. The number of aliphatic hydroxyl groups is 1. The van der Waals surface area contributed by atoms with Crippen molar-refractivity contribution in [2.24, 2.45) is 0 Å². The number of aromatic nitrogens is 1. The Kier molecular flexibility index (Phi) is 7.07. The first kappa shape index (κ1) is 24.0. The number of rotatable bonds is 6. The number of oxazole rings is 1.